The summed E-state index contributed by atoms with van der Waals surface area (Å²) in [5.74, 6) is 0.755. The number of benzene rings is 6. The van der Waals surface area contributed by atoms with E-state index in [1.807, 2.05) is 0 Å². The van der Waals surface area contributed by atoms with Crippen molar-refractivity contribution in [2.75, 3.05) is 43.3 Å². The number of rotatable bonds is 24. The van der Waals surface area contributed by atoms with Crippen molar-refractivity contribution < 1.29 is 23.7 Å². The predicted octanol–water partition coefficient (Wildman–Crippen LogP) is 13.4. The Hall–Kier alpha value is -7.12. The van der Waals surface area contributed by atoms with Crippen molar-refractivity contribution in [3.8, 4) is 16.9 Å². The number of methoxy groups -OCH3 is 1. The maximum absolute atomic E-state index is 6.17. The summed E-state index contributed by atoms with van der Waals surface area (Å²) in [7, 11) is 1.73. The molecule has 0 unspecified atom stereocenters. The second-order valence-electron chi connectivity index (χ2n) is 14.4. The first-order valence-corrected chi connectivity index (χ1v) is 20.6. The summed E-state index contributed by atoms with van der Waals surface area (Å²) in [4.78, 5) is 4.54. The second kappa shape index (κ2) is 22.3. The maximum Gasteiger partial charge on any atom is 0.143 e. The lowest BCUT2D eigenvalue weighted by atomic mass is 9.99. The molecule has 0 aliphatic rings. The van der Waals surface area contributed by atoms with Gasteiger partial charge >= 0.3 is 0 Å². The van der Waals surface area contributed by atoms with Gasteiger partial charge in [0.1, 0.15) is 5.75 Å². The van der Waals surface area contributed by atoms with Crippen LogP contribution in [0.3, 0.4) is 0 Å². The van der Waals surface area contributed by atoms with Gasteiger partial charge in [-0.25, -0.2) is 0 Å². The summed E-state index contributed by atoms with van der Waals surface area (Å²) >= 11 is 0. The van der Waals surface area contributed by atoms with E-state index in [1.54, 1.807) is 7.11 Å². The van der Waals surface area contributed by atoms with Gasteiger partial charge in [-0.05, 0) is 119 Å². The monoisotopic (exact) mass is 812 g/mol. The maximum atomic E-state index is 6.17. The Balaban J connectivity index is 1.34. The number of hydrogen-bond donors (Lipinski definition) is 0. The van der Waals surface area contributed by atoms with Crippen molar-refractivity contribution in [1.29, 1.82) is 0 Å². The van der Waals surface area contributed by atoms with E-state index in [-0.39, 0.29) is 0 Å². The summed E-state index contributed by atoms with van der Waals surface area (Å²) in [5, 5.41) is 0. The van der Waals surface area contributed by atoms with Crippen molar-refractivity contribution in [2.45, 2.75) is 32.6 Å². The van der Waals surface area contributed by atoms with Crippen molar-refractivity contribution in [3.63, 3.8) is 0 Å². The van der Waals surface area contributed by atoms with Crippen molar-refractivity contribution >= 4 is 34.1 Å². The topological polar surface area (TPSA) is 52.6 Å². The van der Waals surface area contributed by atoms with Gasteiger partial charge in [0.05, 0.1) is 64.3 Å². The molecule has 6 rings (SSSR count). The smallest absolute Gasteiger partial charge is 0.143 e. The summed E-state index contributed by atoms with van der Waals surface area (Å²) in [6.07, 6.45) is 9.13. The predicted molar refractivity (Wildman–Crippen MR) is 252 cm³/mol. The second-order valence-corrected chi connectivity index (χ2v) is 14.4. The first-order valence-electron chi connectivity index (χ1n) is 20.6. The summed E-state index contributed by atoms with van der Waals surface area (Å²) in [6.45, 7) is 19.2. The van der Waals surface area contributed by atoms with E-state index in [0.717, 1.165) is 82.2 Å². The molecule has 0 aliphatic carbocycles. The summed E-state index contributed by atoms with van der Waals surface area (Å²) in [5.41, 5.74) is 14.2. The minimum absolute atomic E-state index is 0.581. The normalized spacial score (nSPS) is 10.6. The van der Waals surface area contributed by atoms with Gasteiger partial charge in [-0.15, -0.1) is 0 Å². The van der Waals surface area contributed by atoms with E-state index in [4.69, 9.17) is 23.7 Å². The largest absolute Gasteiger partial charge is 0.501 e. The highest BCUT2D eigenvalue weighted by molar-refractivity contribution is 5.84. The molecular weight excluding hydrogens is 757 g/mol. The zero-order valence-corrected chi connectivity index (χ0v) is 35.4. The molecule has 0 aliphatic heterocycles. The standard InChI is InChI=1S/C54H56N2O5/c1-7-58-35-31-42-11-21-48(22-12-42)55(49-23-13-43(14-24-49)32-36-59-8-2)52-29-19-46(39-41(52)5)47-20-30-53(54(40-47)57-6)56(50-25-15-44(16-26-50)33-37-60-9-3)51-27-17-45(18-28-51)34-38-61-10-4/h7-30,39-40H,1-4,31-38H2,5-6H3. The molecule has 7 nitrogen and oxygen atoms in total. The third-order valence-electron chi connectivity index (χ3n) is 10.5. The van der Waals surface area contributed by atoms with Crippen LogP contribution in [0.4, 0.5) is 34.1 Å². The van der Waals surface area contributed by atoms with E-state index in [9.17, 15) is 0 Å². The van der Waals surface area contributed by atoms with Gasteiger partial charge in [-0.2, -0.15) is 0 Å². The van der Waals surface area contributed by atoms with E-state index < -0.39 is 0 Å². The van der Waals surface area contributed by atoms with Gasteiger partial charge in [0.25, 0.3) is 0 Å². The van der Waals surface area contributed by atoms with E-state index >= 15 is 0 Å². The Labute approximate surface area is 362 Å². The highest BCUT2D eigenvalue weighted by Gasteiger charge is 2.20. The van der Waals surface area contributed by atoms with Gasteiger partial charge in [0, 0.05) is 54.1 Å². The molecule has 0 spiro atoms. The molecular formula is C54H56N2O5. The van der Waals surface area contributed by atoms with Gasteiger partial charge in [0.2, 0.25) is 0 Å². The number of ether oxygens (including phenoxy) is 5. The molecule has 0 saturated carbocycles. The molecule has 0 saturated heterocycles. The molecule has 0 bridgehead atoms. The molecule has 0 N–H and O–H groups in total. The molecule has 6 aromatic carbocycles. The van der Waals surface area contributed by atoms with Crippen molar-refractivity contribution in [3.05, 3.63) is 213 Å². The molecule has 0 heterocycles. The van der Waals surface area contributed by atoms with Crippen LogP contribution in [-0.2, 0) is 44.6 Å². The molecule has 61 heavy (non-hydrogen) atoms. The molecule has 7 heteroatoms. The van der Waals surface area contributed by atoms with Gasteiger partial charge in [0.15, 0.2) is 0 Å². The fraction of sp³-hybridized carbons (Fsp3) is 0.185. The molecule has 0 fully saturated rings. The van der Waals surface area contributed by atoms with Crippen LogP contribution in [0.5, 0.6) is 5.75 Å². The van der Waals surface area contributed by atoms with E-state index in [0.29, 0.717) is 26.4 Å². The van der Waals surface area contributed by atoms with Crippen LogP contribution in [0.1, 0.15) is 27.8 Å². The minimum Gasteiger partial charge on any atom is -0.501 e. The molecule has 312 valence electrons. The van der Waals surface area contributed by atoms with Crippen LogP contribution in [0, 0.1) is 6.92 Å². The molecule has 0 aromatic heterocycles. The number of aryl methyl sites for hydroxylation is 1. The van der Waals surface area contributed by atoms with Gasteiger partial charge in [-0.3, -0.25) is 0 Å². The Morgan fingerprint density at radius 3 is 1.03 bits per heavy atom. The lowest BCUT2D eigenvalue weighted by molar-refractivity contribution is 0.255. The van der Waals surface area contributed by atoms with Crippen LogP contribution in [0.2, 0.25) is 0 Å². The van der Waals surface area contributed by atoms with Gasteiger partial charge in [-0.1, -0.05) is 87.0 Å². The van der Waals surface area contributed by atoms with E-state index in [2.05, 4.69) is 176 Å². The fourth-order valence-electron chi connectivity index (χ4n) is 7.27. The van der Waals surface area contributed by atoms with E-state index in [1.165, 1.54) is 47.3 Å². The SMILES string of the molecule is C=COCCc1ccc(N(c2ccc(CCOC=C)cc2)c2ccc(-c3ccc(N(c4ccc(CCOC=C)cc4)c4ccc(CCOC=C)cc4)c(OC)c3)cc2C)cc1. The average Bonchev–Trinajstić information content (AvgIpc) is 3.29. The third kappa shape index (κ3) is 11.5. The highest BCUT2D eigenvalue weighted by atomic mass is 16.5. The Morgan fingerprint density at radius 2 is 0.721 bits per heavy atom. The zero-order valence-electron chi connectivity index (χ0n) is 35.4. The first-order chi connectivity index (χ1) is 30.0. The van der Waals surface area contributed by atoms with Crippen LogP contribution < -0.4 is 14.5 Å². The fourth-order valence-corrected chi connectivity index (χ4v) is 7.27. The average molecular weight is 813 g/mol. The Kier molecular flexibility index (Phi) is 15.9. The Morgan fingerprint density at radius 1 is 0.410 bits per heavy atom. The number of anilines is 6. The molecule has 0 amide bonds. The summed E-state index contributed by atoms with van der Waals surface area (Å²) in [6, 6.07) is 47.6. The molecule has 0 radical (unpaired) electrons. The minimum atomic E-state index is 0.581. The number of hydrogen-bond acceptors (Lipinski definition) is 7. The molecule has 0 atom stereocenters. The van der Waals surface area contributed by atoms with Crippen LogP contribution >= 0.6 is 0 Å². The lowest BCUT2D eigenvalue weighted by Gasteiger charge is -2.28. The number of nitrogens with zero attached hydrogens (tertiary/aromatic N) is 2. The molecule has 6 aromatic rings. The van der Waals surface area contributed by atoms with Crippen molar-refractivity contribution in [2.24, 2.45) is 0 Å². The quantitative estimate of drug-likeness (QED) is 0.0446. The van der Waals surface area contributed by atoms with Crippen LogP contribution in [0.25, 0.3) is 11.1 Å². The first kappa shape index (κ1) is 43.5. The lowest BCUT2D eigenvalue weighted by Crippen LogP contribution is -2.12. The van der Waals surface area contributed by atoms with Gasteiger partial charge < -0.3 is 33.5 Å². The Bertz CT molecular complexity index is 2220. The van der Waals surface area contributed by atoms with Crippen LogP contribution in [0.15, 0.2) is 185 Å². The summed E-state index contributed by atoms with van der Waals surface area (Å²) < 4.78 is 27.7. The third-order valence-corrected chi connectivity index (χ3v) is 10.5. The highest BCUT2D eigenvalue weighted by Crippen LogP contribution is 2.43. The zero-order chi connectivity index (χ0) is 42.8. The van der Waals surface area contributed by atoms with Crippen molar-refractivity contribution in [1.82, 2.24) is 0 Å². The van der Waals surface area contributed by atoms with Crippen LogP contribution in [-0.4, -0.2) is 33.5 Å².